The molecule has 5 rings (SSSR count). The number of aromatic nitrogens is 2. The van der Waals surface area contributed by atoms with Gasteiger partial charge in [0.1, 0.15) is 12.2 Å². The van der Waals surface area contributed by atoms with E-state index in [0.29, 0.717) is 5.69 Å². The Kier molecular flexibility index (Phi) is 5.46. The molecule has 35 heavy (non-hydrogen) atoms. The number of fused-ring (bicyclic) bond motifs is 3. The second kappa shape index (κ2) is 8.75. The van der Waals surface area contributed by atoms with Gasteiger partial charge in [0.25, 0.3) is 5.69 Å². The molecule has 0 saturated heterocycles. The number of nitro groups is 1. The van der Waals surface area contributed by atoms with E-state index in [4.69, 9.17) is 4.74 Å². The van der Waals surface area contributed by atoms with Gasteiger partial charge in [-0.15, -0.1) is 0 Å². The van der Waals surface area contributed by atoms with Crippen molar-refractivity contribution in [2.24, 2.45) is 0 Å². The Morgan fingerprint density at radius 3 is 2.17 bits per heavy atom. The lowest BCUT2D eigenvalue weighted by Crippen LogP contribution is -2.21. The zero-order valence-corrected chi connectivity index (χ0v) is 18.1. The molecule has 10 nitrogen and oxygen atoms in total. The van der Waals surface area contributed by atoms with Crippen LogP contribution in [0.15, 0.2) is 79.0 Å². The SMILES string of the molecule is O=C(Nc1c(C(=O)O)cnn1-c1ccc([N+](=O)[O-])cc1)OCC1c2ccccc2-c2ccccc21. The molecule has 1 aliphatic carbocycles. The molecule has 1 aliphatic rings. The molecule has 1 heterocycles. The van der Waals surface area contributed by atoms with E-state index in [9.17, 15) is 24.8 Å². The highest BCUT2D eigenvalue weighted by Gasteiger charge is 2.29. The Hall–Kier alpha value is -4.99. The number of ether oxygens (including phenoxy) is 1. The summed E-state index contributed by atoms with van der Waals surface area (Å²) in [5.41, 5.74) is 4.20. The van der Waals surface area contributed by atoms with Crippen molar-refractivity contribution in [1.82, 2.24) is 9.78 Å². The molecule has 0 aliphatic heterocycles. The summed E-state index contributed by atoms with van der Waals surface area (Å²) in [5, 5.41) is 27.0. The number of nitro benzene ring substituents is 1. The second-order valence-electron chi connectivity index (χ2n) is 7.85. The first-order valence-corrected chi connectivity index (χ1v) is 10.6. The topological polar surface area (TPSA) is 137 Å². The van der Waals surface area contributed by atoms with Crippen LogP contribution >= 0.6 is 0 Å². The number of carboxylic acids is 1. The van der Waals surface area contributed by atoms with Crippen molar-refractivity contribution in [3.05, 3.63) is 106 Å². The minimum absolute atomic E-state index is 0.0495. The zero-order valence-electron chi connectivity index (χ0n) is 18.1. The quantitative estimate of drug-likeness (QED) is 0.304. The number of carbonyl (C=O) groups excluding carboxylic acids is 1. The van der Waals surface area contributed by atoms with Crippen molar-refractivity contribution < 1.29 is 24.4 Å². The van der Waals surface area contributed by atoms with Gasteiger partial charge in [-0.3, -0.25) is 15.4 Å². The lowest BCUT2D eigenvalue weighted by molar-refractivity contribution is -0.384. The first-order chi connectivity index (χ1) is 16.9. The monoisotopic (exact) mass is 470 g/mol. The van der Waals surface area contributed by atoms with Crippen LogP contribution in [0.3, 0.4) is 0 Å². The van der Waals surface area contributed by atoms with E-state index < -0.39 is 17.0 Å². The van der Waals surface area contributed by atoms with Crippen molar-refractivity contribution in [2.45, 2.75) is 5.92 Å². The molecule has 1 amide bonds. The molecule has 0 bridgehead atoms. The summed E-state index contributed by atoms with van der Waals surface area (Å²) in [6.45, 7) is 0.0495. The van der Waals surface area contributed by atoms with Crippen LogP contribution in [-0.2, 0) is 4.74 Å². The summed E-state index contributed by atoms with van der Waals surface area (Å²) < 4.78 is 6.69. The fourth-order valence-electron chi connectivity index (χ4n) is 4.27. The van der Waals surface area contributed by atoms with Crippen molar-refractivity contribution in [3.63, 3.8) is 0 Å². The van der Waals surface area contributed by atoms with Crippen molar-refractivity contribution >= 4 is 23.6 Å². The average Bonchev–Trinajstić information content (AvgIpc) is 3.42. The number of carboxylic acid groups (broad SMARTS) is 1. The highest BCUT2D eigenvalue weighted by molar-refractivity contribution is 5.98. The van der Waals surface area contributed by atoms with Crippen molar-refractivity contribution in [2.75, 3.05) is 11.9 Å². The fourth-order valence-corrected chi connectivity index (χ4v) is 4.27. The highest BCUT2D eigenvalue weighted by atomic mass is 16.6. The molecule has 3 aromatic carbocycles. The van der Waals surface area contributed by atoms with Gasteiger partial charge in [0.15, 0.2) is 5.82 Å². The first kappa shape index (κ1) is 21.8. The van der Waals surface area contributed by atoms with Crippen LogP contribution in [0, 0.1) is 10.1 Å². The highest BCUT2D eigenvalue weighted by Crippen LogP contribution is 2.44. The van der Waals surface area contributed by atoms with E-state index in [-0.39, 0.29) is 29.6 Å². The molecule has 0 spiro atoms. The van der Waals surface area contributed by atoms with E-state index in [0.717, 1.165) is 28.5 Å². The number of hydrogen-bond donors (Lipinski definition) is 2. The first-order valence-electron chi connectivity index (χ1n) is 10.6. The van der Waals surface area contributed by atoms with Crippen molar-refractivity contribution in [3.8, 4) is 16.8 Å². The molecule has 0 radical (unpaired) electrons. The minimum Gasteiger partial charge on any atom is -0.477 e. The summed E-state index contributed by atoms with van der Waals surface area (Å²) in [5.74, 6) is -1.58. The normalized spacial score (nSPS) is 12.0. The predicted molar refractivity (Wildman–Crippen MR) is 126 cm³/mol. The van der Waals surface area contributed by atoms with Gasteiger partial charge in [-0.1, -0.05) is 48.5 Å². The van der Waals surface area contributed by atoms with Gasteiger partial charge in [0, 0.05) is 18.1 Å². The van der Waals surface area contributed by atoms with Gasteiger partial charge < -0.3 is 9.84 Å². The predicted octanol–water partition coefficient (Wildman–Crippen LogP) is 4.84. The van der Waals surface area contributed by atoms with E-state index in [1.807, 2.05) is 48.5 Å². The average molecular weight is 470 g/mol. The maximum atomic E-state index is 12.7. The third-order valence-corrected chi connectivity index (χ3v) is 5.87. The Labute approximate surface area is 198 Å². The Morgan fingerprint density at radius 2 is 1.60 bits per heavy atom. The number of carbonyl (C=O) groups is 2. The van der Waals surface area contributed by atoms with E-state index in [1.54, 1.807) is 0 Å². The molecule has 0 unspecified atom stereocenters. The van der Waals surface area contributed by atoms with Crippen LogP contribution in [-0.4, -0.2) is 38.5 Å². The molecular weight excluding hydrogens is 452 g/mol. The van der Waals surface area contributed by atoms with Crippen LogP contribution in [0.4, 0.5) is 16.3 Å². The van der Waals surface area contributed by atoms with E-state index in [2.05, 4.69) is 10.4 Å². The van der Waals surface area contributed by atoms with Gasteiger partial charge in [-0.2, -0.15) is 5.10 Å². The number of nitrogens with zero attached hydrogens (tertiary/aromatic N) is 3. The standard InChI is InChI=1S/C25H18N4O6/c30-24(31)21-13-26-28(15-9-11-16(12-10-15)29(33)34)23(21)27-25(32)35-14-22-19-7-3-1-5-17(19)18-6-2-4-8-20(18)22/h1-13,22H,14H2,(H,27,32)(H,30,31). The number of nitrogens with one attached hydrogen (secondary N) is 1. The Morgan fingerprint density at radius 1 is 1.00 bits per heavy atom. The molecule has 0 saturated carbocycles. The Bertz CT molecular complexity index is 1420. The molecule has 1 aromatic heterocycles. The third-order valence-electron chi connectivity index (χ3n) is 5.87. The van der Waals surface area contributed by atoms with Crippen LogP contribution in [0.5, 0.6) is 0 Å². The number of benzene rings is 3. The molecular formula is C25H18N4O6. The molecule has 0 atom stereocenters. The summed E-state index contributed by atoms with van der Waals surface area (Å²) in [4.78, 5) is 34.8. The molecule has 0 fully saturated rings. The number of hydrogen-bond acceptors (Lipinski definition) is 6. The van der Waals surface area contributed by atoms with Gasteiger partial charge in [-0.05, 0) is 34.4 Å². The van der Waals surface area contributed by atoms with Crippen LogP contribution in [0.1, 0.15) is 27.4 Å². The van der Waals surface area contributed by atoms with Crippen molar-refractivity contribution in [1.29, 1.82) is 0 Å². The lowest BCUT2D eigenvalue weighted by Gasteiger charge is -2.15. The van der Waals surface area contributed by atoms with Gasteiger partial charge in [0.05, 0.1) is 16.8 Å². The number of anilines is 1. The summed E-state index contributed by atoms with van der Waals surface area (Å²) in [6, 6.07) is 21.1. The maximum Gasteiger partial charge on any atom is 0.412 e. The summed E-state index contributed by atoms with van der Waals surface area (Å²) in [7, 11) is 0. The molecule has 174 valence electrons. The number of aromatic carboxylic acids is 1. The minimum atomic E-state index is -1.30. The van der Waals surface area contributed by atoms with Gasteiger partial charge in [-0.25, -0.2) is 14.3 Å². The summed E-state index contributed by atoms with van der Waals surface area (Å²) in [6.07, 6.45) is 0.237. The van der Waals surface area contributed by atoms with E-state index >= 15 is 0 Å². The van der Waals surface area contributed by atoms with E-state index in [1.165, 1.54) is 28.9 Å². The third kappa shape index (κ3) is 3.97. The van der Waals surface area contributed by atoms with Crippen LogP contribution in [0.25, 0.3) is 16.8 Å². The summed E-state index contributed by atoms with van der Waals surface area (Å²) >= 11 is 0. The van der Waals surface area contributed by atoms with Crippen LogP contribution < -0.4 is 5.32 Å². The Balaban J connectivity index is 1.37. The fraction of sp³-hybridized carbons (Fsp3) is 0.0800. The largest absolute Gasteiger partial charge is 0.477 e. The van der Waals surface area contributed by atoms with Gasteiger partial charge in [0.2, 0.25) is 0 Å². The number of non-ortho nitro benzene ring substituents is 1. The van der Waals surface area contributed by atoms with Gasteiger partial charge >= 0.3 is 12.1 Å². The molecule has 4 aromatic rings. The molecule has 10 heteroatoms. The molecule has 2 N–H and O–H groups in total. The zero-order chi connectivity index (χ0) is 24.5. The second-order valence-corrected chi connectivity index (χ2v) is 7.85. The smallest absolute Gasteiger partial charge is 0.412 e. The number of amides is 1. The maximum absolute atomic E-state index is 12.7. The lowest BCUT2D eigenvalue weighted by atomic mass is 9.98. The van der Waals surface area contributed by atoms with Crippen LogP contribution in [0.2, 0.25) is 0 Å². The number of rotatable bonds is 6.